The molecule has 4 rings (SSSR count). The second-order valence-electron chi connectivity index (χ2n) is 6.08. The maximum atomic E-state index is 12.6. The lowest BCUT2D eigenvalue weighted by Crippen LogP contribution is -2.08. The Balaban J connectivity index is 1.79. The molecule has 0 fully saturated rings. The summed E-state index contributed by atoms with van der Waals surface area (Å²) >= 11 is 7.01. The van der Waals surface area contributed by atoms with Gasteiger partial charge in [0.25, 0.3) is 0 Å². The van der Waals surface area contributed by atoms with Crippen LogP contribution >= 0.6 is 23.4 Å². The lowest BCUT2D eigenvalue weighted by atomic mass is 10.1. The third kappa shape index (κ3) is 3.88. The number of para-hydroxylation sites is 1. The molecule has 2 heterocycles. The molecule has 0 saturated carbocycles. The third-order valence-corrected chi connectivity index (χ3v) is 5.35. The molecule has 144 valence electrons. The van der Waals surface area contributed by atoms with Crippen molar-refractivity contribution in [1.29, 1.82) is 0 Å². The lowest BCUT2D eigenvalue weighted by molar-refractivity contribution is -0.129. The largest absolute Gasteiger partial charge is 0.389 e. The maximum Gasteiger partial charge on any atom is 0.389 e. The van der Waals surface area contributed by atoms with Crippen molar-refractivity contribution in [1.82, 2.24) is 19.7 Å². The number of nitrogens with one attached hydrogen (secondary N) is 1. The quantitative estimate of drug-likeness (QED) is 0.394. The molecule has 9 heteroatoms. The van der Waals surface area contributed by atoms with Crippen LogP contribution in [0.4, 0.5) is 13.2 Å². The number of thioether (sulfide) groups is 1. The van der Waals surface area contributed by atoms with Gasteiger partial charge >= 0.3 is 6.18 Å². The van der Waals surface area contributed by atoms with Crippen molar-refractivity contribution in [2.45, 2.75) is 17.8 Å². The molecule has 1 N–H and O–H groups in total. The molecule has 2 aromatic heterocycles. The number of fused-ring (bicyclic) bond motifs is 1. The topological polar surface area (TPSA) is 46.5 Å². The van der Waals surface area contributed by atoms with Crippen LogP contribution in [0.5, 0.6) is 0 Å². The number of aromatic amines is 1. The minimum Gasteiger partial charge on any atom is -0.360 e. The number of benzene rings is 2. The summed E-state index contributed by atoms with van der Waals surface area (Å²) in [6.07, 6.45) is -3.28. The Kier molecular flexibility index (Phi) is 5.07. The molecule has 0 unspecified atom stereocenters. The summed E-state index contributed by atoms with van der Waals surface area (Å²) in [5.74, 6) is 0.414. The first-order valence-electron chi connectivity index (χ1n) is 8.40. The molecule has 0 spiro atoms. The summed E-state index contributed by atoms with van der Waals surface area (Å²) in [6.45, 7) is 0. The fraction of sp³-hybridized carbons (Fsp3) is 0.158. The Morgan fingerprint density at radius 3 is 2.54 bits per heavy atom. The van der Waals surface area contributed by atoms with E-state index in [9.17, 15) is 13.2 Å². The molecule has 28 heavy (non-hydrogen) atoms. The number of H-pyrrole nitrogens is 1. The molecule has 0 amide bonds. The van der Waals surface area contributed by atoms with E-state index in [-0.39, 0.29) is 5.75 Å². The number of hydrogen-bond donors (Lipinski definition) is 1. The first kappa shape index (κ1) is 18.9. The standard InChI is InChI=1S/C19H14ClF3N4S/c20-12-5-7-13(8-6-12)27-17(15-11-24-16-4-2-1-3-14(15)16)25-26-18(27)28-10-9-19(21,22)23/h1-8,11,24H,9-10H2. The summed E-state index contributed by atoms with van der Waals surface area (Å²) in [4.78, 5) is 3.19. The monoisotopic (exact) mass is 422 g/mol. The molecule has 0 aliphatic rings. The van der Waals surface area contributed by atoms with Crippen molar-refractivity contribution < 1.29 is 13.2 Å². The van der Waals surface area contributed by atoms with Crippen molar-refractivity contribution >= 4 is 34.3 Å². The van der Waals surface area contributed by atoms with Gasteiger partial charge in [0.1, 0.15) is 0 Å². The zero-order valence-corrected chi connectivity index (χ0v) is 15.9. The van der Waals surface area contributed by atoms with Crippen LogP contribution in [0.2, 0.25) is 5.02 Å². The summed E-state index contributed by atoms with van der Waals surface area (Å²) in [7, 11) is 0. The Bertz CT molecular complexity index is 1100. The van der Waals surface area contributed by atoms with Gasteiger partial charge in [0.2, 0.25) is 0 Å². The molecule has 4 nitrogen and oxygen atoms in total. The van der Waals surface area contributed by atoms with Crippen LogP contribution in [-0.4, -0.2) is 31.7 Å². The second kappa shape index (κ2) is 7.52. The van der Waals surface area contributed by atoms with E-state index in [2.05, 4.69) is 15.2 Å². The Morgan fingerprint density at radius 1 is 1.04 bits per heavy atom. The van der Waals surface area contributed by atoms with E-state index < -0.39 is 12.6 Å². The number of hydrogen-bond acceptors (Lipinski definition) is 3. The molecule has 4 aromatic rings. The van der Waals surface area contributed by atoms with Gasteiger partial charge in [-0.2, -0.15) is 13.2 Å². The zero-order valence-electron chi connectivity index (χ0n) is 14.4. The molecule has 0 aliphatic carbocycles. The van der Waals surface area contributed by atoms with E-state index in [0.717, 1.165) is 33.9 Å². The van der Waals surface area contributed by atoms with E-state index in [4.69, 9.17) is 11.6 Å². The Hall–Kier alpha value is -2.45. The summed E-state index contributed by atoms with van der Waals surface area (Å²) in [5.41, 5.74) is 2.49. The first-order chi connectivity index (χ1) is 13.4. The Labute approximate surface area is 167 Å². The van der Waals surface area contributed by atoms with Crippen LogP contribution in [0.15, 0.2) is 59.9 Å². The predicted octanol–water partition coefficient (Wildman–Crippen LogP) is 6.11. The van der Waals surface area contributed by atoms with E-state index in [1.165, 1.54) is 0 Å². The minimum absolute atomic E-state index is 0.136. The van der Waals surface area contributed by atoms with Crippen molar-refractivity contribution in [3.05, 3.63) is 59.8 Å². The van der Waals surface area contributed by atoms with Gasteiger partial charge in [-0.05, 0) is 30.3 Å². The predicted molar refractivity (Wildman–Crippen MR) is 105 cm³/mol. The SMILES string of the molecule is FC(F)(F)CCSc1nnc(-c2c[nH]c3ccccc23)n1-c1ccc(Cl)cc1. The van der Waals surface area contributed by atoms with Gasteiger partial charge in [0, 0.05) is 39.1 Å². The summed E-state index contributed by atoms with van der Waals surface area (Å²) in [5, 5.41) is 10.4. The fourth-order valence-corrected chi connectivity index (χ4v) is 3.94. The van der Waals surface area contributed by atoms with Crippen LogP contribution in [0.1, 0.15) is 6.42 Å². The van der Waals surface area contributed by atoms with Gasteiger partial charge < -0.3 is 4.98 Å². The first-order valence-corrected chi connectivity index (χ1v) is 9.76. The molecule has 0 atom stereocenters. The van der Waals surface area contributed by atoms with Crippen molar-refractivity contribution in [3.8, 4) is 17.1 Å². The average molecular weight is 423 g/mol. The number of nitrogens with zero attached hydrogens (tertiary/aromatic N) is 3. The highest BCUT2D eigenvalue weighted by Crippen LogP contribution is 2.33. The van der Waals surface area contributed by atoms with Crippen molar-refractivity contribution in [3.63, 3.8) is 0 Å². The smallest absolute Gasteiger partial charge is 0.360 e. The maximum absolute atomic E-state index is 12.6. The highest BCUT2D eigenvalue weighted by Gasteiger charge is 2.27. The molecule has 0 saturated heterocycles. The zero-order chi connectivity index (χ0) is 19.7. The van der Waals surface area contributed by atoms with E-state index in [1.54, 1.807) is 28.8 Å². The van der Waals surface area contributed by atoms with Gasteiger partial charge in [-0.3, -0.25) is 4.57 Å². The number of aromatic nitrogens is 4. The lowest BCUT2D eigenvalue weighted by Gasteiger charge is -2.11. The number of halogens is 4. The van der Waals surface area contributed by atoms with Crippen LogP contribution in [-0.2, 0) is 0 Å². The highest BCUT2D eigenvalue weighted by atomic mass is 35.5. The number of alkyl halides is 3. The third-order valence-electron chi connectivity index (χ3n) is 4.17. The molecule has 0 aliphatic heterocycles. The Morgan fingerprint density at radius 2 is 1.79 bits per heavy atom. The normalized spacial score (nSPS) is 12.0. The summed E-state index contributed by atoms with van der Waals surface area (Å²) in [6, 6.07) is 14.8. The van der Waals surface area contributed by atoms with E-state index in [0.29, 0.717) is 16.0 Å². The van der Waals surface area contributed by atoms with Crippen LogP contribution in [0.3, 0.4) is 0 Å². The highest BCUT2D eigenvalue weighted by molar-refractivity contribution is 7.99. The molecule has 0 bridgehead atoms. The second-order valence-corrected chi connectivity index (χ2v) is 7.58. The van der Waals surface area contributed by atoms with Gasteiger partial charge in [-0.1, -0.05) is 41.6 Å². The van der Waals surface area contributed by atoms with Gasteiger partial charge in [-0.15, -0.1) is 10.2 Å². The van der Waals surface area contributed by atoms with Crippen LogP contribution in [0, 0.1) is 0 Å². The van der Waals surface area contributed by atoms with Crippen LogP contribution < -0.4 is 0 Å². The van der Waals surface area contributed by atoms with Crippen molar-refractivity contribution in [2.75, 3.05) is 5.75 Å². The fourth-order valence-electron chi connectivity index (χ4n) is 2.88. The van der Waals surface area contributed by atoms with Gasteiger partial charge in [-0.25, -0.2) is 0 Å². The minimum atomic E-state index is -4.21. The van der Waals surface area contributed by atoms with Gasteiger partial charge in [0.05, 0.1) is 6.42 Å². The van der Waals surface area contributed by atoms with Gasteiger partial charge in [0.15, 0.2) is 11.0 Å². The molecule has 2 aromatic carbocycles. The molecular formula is C19H14ClF3N4S. The van der Waals surface area contributed by atoms with E-state index >= 15 is 0 Å². The average Bonchev–Trinajstić information content (AvgIpc) is 3.25. The van der Waals surface area contributed by atoms with E-state index in [1.807, 2.05) is 30.5 Å². The molecular weight excluding hydrogens is 409 g/mol. The molecule has 0 radical (unpaired) electrons. The summed E-state index contributed by atoms with van der Waals surface area (Å²) < 4.78 is 39.4. The van der Waals surface area contributed by atoms with Crippen molar-refractivity contribution in [2.24, 2.45) is 0 Å². The van der Waals surface area contributed by atoms with Crippen LogP contribution in [0.25, 0.3) is 28.0 Å². The number of rotatable bonds is 5.